The zero-order chi connectivity index (χ0) is 14.0. The summed E-state index contributed by atoms with van der Waals surface area (Å²) < 4.78 is 27.7. The van der Waals surface area contributed by atoms with E-state index >= 15 is 0 Å². The first-order chi connectivity index (χ1) is 8.55. The van der Waals surface area contributed by atoms with Crippen LogP contribution >= 0.6 is 7.60 Å². The summed E-state index contributed by atoms with van der Waals surface area (Å²) in [5.41, 5.74) is -0.951. The second kappa shape index (κ2) is 9.16. The highest BCUT2D eigenvalue weighted by Crippen LogP contribution is 2.54. The van der Waals surface area contributed by atoms with Gasteiger partial charge < -0.3 is 13.8 Å². The predicted octanol–water partition coefficient (Wildman–Crippen LogP) is 2.60. The van der Waals surface area contributed by atoms with E-state index in [9.17, 15) is 9.36 Å². The maximum absolute atomic E-state index is 12.5. The van der Waals surface area contributed by atoms with Crippen LogP contribution in [0.5, 0.6) is 0 Å². The van der Waals surface area contributed by atoms with Crippen LogP contribution < -0.4 is 0 Å². The van der Waals surface area contributed by atoms with Gasteiger partial charge >= 0.3 is 13.6 Å². The smallest absolute Gasteiger partial charge is 0.344 e. The van der Waals surface area contributed by atoms with Gasteiger partial charge in [-0.2, -0.15) is 0 Å². The van der Waals surface area contributed by atoms with Gasteiger partial charge in [-0.1, -0.05) is 0 Å². The van der Waals surface area contributed by atoms with Crippen molar-refractivity contribution in [1.29, 1.82) is 0 Å². The van der Waals surface area contributed by atoms with Crippen LogP contribution in [0.1, 0.15) is 33.6 Å². The minimum absolute atomic E-state index is 0.198. The SMILES string of the molecule is C#CCCC(C(=O)OCC)P(=O)(OCC)OCC. The fraction of sp³-hybridized carbons (Fsp3) is 0.750. The Morgan fingerprint density at radius 2 is 1.78 bits per heavy atom. The topological polar surface area (TPSA) is 61.8 Å². The molecule has 0 aromatic heterocycles. The van der Waals surface area contributed by atoms with Gasteiger partial charge in [0.15, 0.2) is 5.66 Å². The van der Waals surface area contributed by atoms with E-state index in [1.807, 2.05) is 0 Å². The molecule has 1 unspecified atom stereocenters. The molecule has 0 amide bonds. The molecule has 0 bridgehead atoms. The Bertz CT molecular complexity index is 324. The minimum Gasteiger partial charge on any atom is -0.465 e. The zero-order valence-electron chi connectivity index (χ0n) is 11.2. The average Bonchev–Trinajstić information content (AvgIpc) is 2.30. The molecular weight excluding hydrogens is 255 g/mol. The molecular formula is C12H21O5P. The van der Waals surface area contributed by atoms with Gasteiger partial charge in [0, 0.05) is 6.42 Å². The summed E-state index contributed by atoms with van der Waals surface area (Å²) in [6.07, 6.45) is 5.71. The molecule has 18 heavy (non-hydrogen) atoms. The lowest BCUT2D eigenvalue weighted by Crippen LogP contribution is -2.26. The third kappa shape index (κ3) is 5.22. The molecule has 0 saturated carbocycles. The summed E-state index contributed by atoms with van der Waals surface area (Å²) in [5.74, 6) is 1.83. The van der Waals surface area contributed by atoms with E-state index in [2.05, 4.69) is 5.92 Å². The van der Waals surface area contributed by atoms with Gasteiger partial charge in [-0.15, -0.1) is 12.3 Å². The zero-order valence-corrected chi connectivity index (χ0v) is 12.1. The largest absolute Gasteiger partial charge is 0.465 e. The molecule has 5 nitrogen and oxygen atoms in total. The lowest BCUT2D eigenvalue weighted by Gasteiger charge is -2.24. The number of carbonyl (C=O) groups excluding carboxylic acids is 1. The number of hydrogen-bond acceptors (Lipinski definition) is 5. The van der Waals surface area contributed by atoms with Gasteiger partial charge in [0.25, 0.3) is 0 Å². The number of hydrogen-bond donors (Lipinski definition) is 0. The monoisotopic (exact) mass is 276 g/mol. The number of carbonyl (C=O) groups is 1. The molecule has 0 aliphatic carbocycles. The van der Waals surface area contributed by atoms with Gasteiger partial charge in [-0.3, -0.25) is 9.36 Å². The standard InChI is InChI=1S/C12H21O5P/c1-5-9-10-11(12(13)15-6-2)18(14,16-7-3)17-8-4/h1,11H,6-10H2,2-4H3. The van der Waals surface area contributed by atoms with Crippen molar-refractivity contribution in [2.75, 3.05) is 19.8 Å². The van der Waals surface area contributed by atoms with Gasteiger partial charge in [-0.05, 0) is 27.2 Å². The van der Waals surface area contributed by atoms with Crippen LogP contribution in [0.3, 0.4) is 0 Å². The molecule has 0 aliphatic heterocycles. The highest BCUT2D eigenvalue weighted by atomic mass is 31.2. The van der Waals surface area contributed by atoms with Crippen molar-refractivity contribution in [3.05, 3.63) is 0 Å². The van der Waals surface area contributed by atoms with E-state index in [1.165, 1.54) is 0 Å². The molecule has 0 aromatic rings. The normalized spacial score (nSPS) is 12.8. The molecule has 0 aliphatic rings. The van der Waals surface area contributed by atoms with Crippen LogP contribution in [0.4, 0.5) is 0 Å². The van der Waals surface area contributed by atoms with Crippen molar-refractivity contribution < 1.29 is 23.1 Å². The maximum atomic E-state index is 12.5. The van der Waals surface area contributed by atoms with Crippen LogP contribution in [-0.2, 0) is 23.1 Å². The van der Waals surface area contributed by atoms with Crippen molar-refractivity contribution >= 4 is 13.6 Å². The summed E-state index contributed by atoms with van der Waals surface area (Å²) in [5, 5.41) is 0. The molecule has 6 heteroatoms. The van der Waals surface area contributed by atoms with Crippen LogP contribution in [-0.4, -0.2) is 31.4 Å². The van der Waals surface area contributed by atoms with Crippen molar-refractivity contribution in [2.45, 2.75) is 39.3 Å². The second-order valence-electron chi connectivity index (χ2n) is 3.39. The summed E-state index contributed by atoms with van der Waals surface area (Å²) in [6.45, 7) is 5.67. The Balaban J connectivity index is 5.03. The Kier molecular flexibility index (Phi) is 8.74. The molecule has 0 aromatic carbocycles. The van der Waals surface area contributed by atoms with E-state index < -0.39 is 19.2 Å². The highest BCUT2D eigenvalue weighted by molar-refractivity contribution is 7.55. The predicted molar refractivity (Wildman–Crippen MR) is 69.3 cm³/mol. The summed E-state index contributed by atoms with van der Waals surface area (Å²) in [7, 11) is -3.52. The van der Waals surface area contributed by atoms with E-state index in [0.29, 0.717) is 6.42 Å². The number of terminal acetylenes is 1. The second-order valence-corrected chi connectivity index (χ2v) is 5.61. The molecule has 0 heterocycles. The molecule has 0 radical (unpaired) electrons. The fourth-order valence-electron chi connectivity index (χ4n) is 1.44. The number of ether oxygens (including phenoxy) is 1. The number of rotatable bonds is 9. The average molecular weight is 276 g/mol. The highest BCUT2D eigenvalue weighted by Gasteiger charge is 2.41. The van der Waals surface area contributed by atoms with E-state index in [-0.39, 0.29) is 26.2 Å². The molecule has 0 rings (SSSR count). The van der Waals surface area contributed by atoms with Gasteiger partial charge in [-0.25, -0.2) is 0 Å². The fourth-order valence-corrected chi connectivity index (χ4v) is 3.37. The van der Waals surface area contributed by atoms with Crippen molar-refractivity contribution in [2.24, 2.45) is 0 Å². The summed E-state index contributed by atoms with van der Waals surface area (Å²) in [4.78, 5) is 11.8. The molecule has 0 spiro atoms. The van der Waals surface area contributed by atoms with Crippen molar-refractivity contribution in [3.8, 4) is 12.3 Å². The van der Waals surface area contributed by atoms with E-state index in [4.69, 9.17) is 20.2 Å². The first-order valence-corrected chi connectivity index (χ1v) is 7.65. The lowest BCUT2D eigenvalue weighted by molar-refractivity contribution is -0.143. The molecule has 0 saturated heterocycles. The van der Waals surface area contributed by atoms with Crippen LogP contribution in [0.2, 0.25) is 0 Å². The maximum Gasteiger partial charge on any atom is 0.344 e. The Hall–Kier alpha value is -0.820. The van der Waals surface area contributed by atoms with E-state index in [1.54, 1.807) is 20.8 Å². The van der Waals surface area contributed by atoms with Crippen LogP contribution in [0.15, 0.2) is 0 Å². The number of esters is 1. The Morgan fingerprint density at radius 1 is 1.22 bits per heavy atom. The Labute approximate surface area is 109 Å². The first kappa shape index (κ1) is 17.2. The molecule has 104 valence electrons. The third-order valence-electron chi connectivity index (χ3n) is 2.12. The van der Waals surface area contributed by atoms with Crippen LogP contribution in [0.25, 0.3) is 0 Å². The lowest BCUT2D eigenvalue weighted by atomic mass is 10.2. The molecule has 1 atom stereocenters. The van der Waals surface area contributed by atoms with E-state index in [0.717, 1.165) is 0 Å². The quantitative estimate of drug-likeness (QED) is 0.368. The first-order valence-electron chi connectivity index (χ1n) is 6.04. The Morgan fingerprint density at radius 3 is 2.17 bits per heavy atom. The third-order valence-corrected chi connectivity index (χ3v) is 4.59. The summed E-state index contributed by atoms with van der Waals surface area (Å²) >= 11 is 0. The molecule has 0 N–H and O–H groups in total. The molecule has 0 fully saturated rings. The van der Waals surface area contributed by atoms with Crippen molar-refractivity contribution in [3.63, 3.8) is 0 Å². The van der Waals surface area contributed by atoms with Gasteiger partial charge in [0.2, 0.25) is 0 Å². The minimum atomic E-state index is -3.52. The summed E-state index contributed by atoms with van der Waals surface area (Å²) in [6, 6.07) is 0. The van der Waals surface area contributed by atoms with Crippen LogP contribution in [0, 0.1) is 12.3 Å². The van der Waals surface area contributed by atoms with Gasteiger partial charge in [0.1, 0.15) is 0 Å². The van der Waals surface area contributed by atoms with Gasteiger partial charge in [0.05, 0.1) is 19.8 Å². The van der Waals surface area contributed by atoms with Crippen molar-refractivity contribution in [1.82, 2.24) is 0 Å².